The fraction of sp³-hybridized carbons (Fsp3) is 0.417. The van der Waals surface area contributed by atoms with E-state index in [0.29, 0.717) is 0 Å². The van der Waals surface area contributed by atoms with E-state index in [1.807, 2.05) is 74.5 Å². The van der Waals surface area contributed by atoms with Gasteiger partial charge in [0.1, 0.15) is 0 Å². The number of hydrogen-bond donors (Lipinski definition) is 1. The van der Waals surface area contributed by atoms with Crippen LogP contribution in [0.3, 0.4) is 0 Å². The number of carbonyl (C=O) groups is 2. The zero-order chi connectivity index (χ0) is 22.7. The predicted molar refractivity (Wildman–Crippen MR) is 118 cm³/mol. The molecule has 0 radical (unpaired) electrons. The number of benzene rings is 2. The summed E-state index contributed by atoms with van der Waals surface area (Å²) in [6, 6.07) is 19.0. The summed E-state index contributed by atoms with van der Waals surface area (Å²) in [7, 11) is 0. The van der Waals surface area contributed by atoms with Gasteiger partial charge in [0.25, 0.3) is 0 Å². The zero-order valence-corrected chi connectivity index (χ0v) is 19.9. The number of hydrogen-bond acceptors (Lipinski definition) is 6. The summed E-state index contributed by atoms with van der Waals surface area (Å²) < 4.78 is 23.5. The number of ether oxygens (including phenoxy) is 4. The first-order valence-corrected chi connectivity index (χ1v) is 12.5. The van der Waals surface area contributed by atoms with Crippen molar-refractivity contribution in [2.45, 2.75) is 61.2 Å². The third-order valence-corrected chi connectivity index (χ3v) is 8.43. The van der Waals surface area contributed by atoms with Gasteiger partial charge < -0.3 is 0 Å². The molecule has 1 amide bonds. The third-order valence-electron chi connectivity index (χ3n) is 5.30. The topological polar surface area (TPSA) is 83.1 Å². The molecule has 32 heavy (non-hydrogen) atoms. The molecule has 8 heteroatoms. The Labute approximate surface area is 193 Å². The van der Waals surface area contributed by atoms with Crippen LogP contribution in [0.25, 0.3) is 0 Å². The van der Waals surface area contributed by atoms with Gasteiger partial charge in [0.2, 0.25) is 0 Å². The van der Waals surface area contributed by atoms with Crippen molar-refractivity contribution >= 4 is 27.0 Å². The summed E-state index contributed by atoms with van der Waals surface area (Å²) in [6.07, 6.45) is -1.47. The van der Waals surface area contributed by atoms with Gasteiger partial charge in [-0.3, -0.25) is 0 Å². The Morgan fingerprint density at radius 2 is 1.62 bits per heavy atom. The van der Waals surface area contributed by atoms with E-state index < -0.39 is 29.1 Å². The van der Waals surface area contributed by atoms with Crippen molar-refractivity contribution in [2.75, 3.05) is 0 Å². The molecule has 0 aromatic heterocycles. The Balaban J connectivity index is 1.57. The number of alkyl carbamates (subject to hydrolysis) is 1. The number of fused-ring (bicyclic) bond motifs is 1. The molecule has 0 saturated carbocycles. The Kier molecular flexibility index (Phi) is 6.86. The molecule has 5 atom stereocenters. The molecule has 2 saturated heterocycles. The fourth-order valence-electron chi connectivity index (χ4n) is 4.03. The second-order valence-electron chi connectivity index (χ2n) is 8.24. The van der Waals surface area contributed by atoms with Crippen LogP contribution in [0.5, 0.6) is 0 Å². The van der Waals surface area contributed by atoms with Gasteiger partial charge in [0, 0.05) is 0 Å². The number of amides is 1. The quantitative estimate of drug-likeness (QED) is 0.498. The maximum absolute atomic E-state index is 12.8. The minimum atomic E-state index is -0.858. The SMILES string of the molecule is CC(=O)OC1[Se][C@H](c2ccccc2)[C@H](NC(=O)OCc2ccccc2)[C@H]2OC(C)(C)O[C@@H]12. The molecule has 0 aliphatic carbocycles. The van der Waals surface area contributed by atoms with Crippen LogP contribution >= 0.6 is 0 Å². The van der Waals surface area contributed by atoms with Crippen molar-refractivity contribution in [3.8, 4) is 0 Å². The Morgan fingerprint density at radius 3 is 2.28 bits per heavy atom. The second kappa shape index (κ2) is 9.63. The van der Waals surface area contributed by atoms with Crippen molar-refractivity contribution < 1.29 is 28.5 Å². The molecule has 2 aliphatic rings. The average molecular weight is 504 g/mol. The van der Waals surface area contributed by atoms with E-state index in [2.05, 4.69) is 5.32 Å². The fourth-order valence-corrected chi connectivity index (χ4v) is 7.29. The van der Waals surface area contributed by atoms with Crippen molar-refractivity contribution in [3.63, 3.8) is 0 Å². The van der Waals surface area contributed by atoms with E-state index >= 15 is 0 Å². The molecule has 0 bridgehead atoms. The van der Waals surface area contributed by atoms with Crippen LogP contribution in [0.15, 0.2) is 60.7 Å². The van der Waals surface area contributed by atoms with E-state index in [1.54, 1.807) is 0 Å². The van der Waals surface area contributed by atoms with Gasteiger partial charge in [0.05, 0.1) is 0 Å². The summed E-state index contributed by atoms with van der Waals surface area (Å²) in [5.41, 5.74) is 1.95. The first kappa shape index (κ1) is 22.8. The molecule has 2 fully saturated rings. The van der Waals surface area contributed by atoms with Crippen LogP contribution in [-0.2, 0) is 30.3 Å². The summed E-state index contributed by atoms with van der Waals surface area (Å²) in [5.74, 6) is -1.21. The molecule has 1 unspecified atom stereocenters. The van der Waals surface area contributed by atoms with Crippen molar-refractivity contribution in [1.29, 1.82) is 0 Å². The maximum atomic E-state index is 12.8. The van der Waals surface area contributed by atoms with Gasteiger partial charge in [0.15, 0.2) is 0 Å². The van der Waals surface area contributed by atoms with Gasteiger partial charge in [-0.05, 0) is 0 Å². The molecule has 2 aromatic carbocycles. The summed E-state index contributed by atoms with van der Waals surface area (Å²) in [5, 5.41) is 2.61. The molecule has 2 heterocycles. The van der Waals surface area contributed by atoms with Crippen molar-refractivity contribution in [1.82, 2.24) is 5.32 Å². The Bertz CT molecular complexity index is 938. The molecule has 2 aliphatic heterocycles. The standard InChI is InChI=1S/C24H27NO6Se/c1-15(26)29-22-20-19(30-24(2,3)31-20)18(21(32-22)17-12-8-5-9-13-17)25-23(27)28-14-16-10-6-4-7-11-16/h4-13,18-22H,14H2,1-3H3,(H,25,27)/t18-,19-,20-,21-,22?/m1/s1. The minimum absolute atomic E-state index is 0.0870. The summed E-state index contributed by atoms with van der Waals surface area (Å²) >= 11 is -0.213. The molecule has 170 valence electrons. The van der Waals surface area contributed by atoms with Crippen molar-refractivity contribution in [2.24, 2.45) is 0 Å². The zero-order valence-electron chi connectivity index (χ0n) is 18.2. The van der Waals surface area contributed by atoms with Gasteiger partial charge in [-0.15, -0.1) is 0 Å². The molecule has 0 spiro atoms. The predicted octanol–water partition coefficient (Wildman–Crippen LogP) is 3.15. The summed E-state index contributed by atoms with van der Waals surface area (Å²) in [4.78, 5) is 24.5. The molecule has 2 aromatic rings. The number of nitrogens with one attached hydrogen (secondary N) is 1. The van der Waals surface area contributed by atoms with Gasteiger partial charge in [-0.25, -0.2) is 0 Å². The van der Waals surface area contributed by atoms with E-state index in [0.717, 1.165) is 11.1 Å². The van der Waals surface area contributed by atoms with Gasteiger partial charge in [-0.1, -0.05) is 0 Å². The van der Waals surface area contributed by atoms with E-state index in [9.17, 15) is 9.59 Å². The van der Waals surface area contributed by atoms with E-state index in [1.165, 1.54) is 6.92 Å². The van der Waals surface area contributed by atoms with Crippen LogP contribution in [0.1, 0.15) is 36.7 Å². The molecule has 1 N–H and O–H groups in total. The third kappa shape index (κ3) is 5.33. The molecular formula is C24H27NO6Se. The van der Waals surface area contributed by atoms with Crippen LogP contribution in [-0.4, -0.2) is 56.1 Å². The monoisotopic (exact) mass is 505 g/mol. The van der Waals surface area contributed by atoms with E-state index in [-0.39, 0.29) is 38.4 Å². The van der Waals surface area contributed by atoms with Crippen molar-refractivity contribution in [3.05, 3.63) is 71.8 Å². The number of esters is 1. The molecule has 7 nitrogen and oxygen atoms in total. The van der Waals surface area contributed by atoms with E-state index in [4.69, 9.17) is 18.9 Å². The van der Waals surface area contributed by atoms with Crippen LogP contribution < -0.4 is 5.32 Å². The number of rotatable bonds is 5. The van der Waals surface area contributed by atoms with Gasteiger partial charge in [-0.2, -0.15) is 0 Å². The summed E-state index contributed by atoms with van der Waals surface area (Å²) in [6.45, 7) is 5.22. The normalized spacial score (nSPS) is 28.4. The Morgan fingerprint density at radius 1 is 1.00 bits per heavy atom. The van der Waals surface area contributed by atoms with Crippen LogP contribution in [0.2, 0.25) is 0 Å². The van der Waals surface area contributed by atoms with Gasteiger partial charge >= 0.3 is 194 Å². The first-order chi connectivity index (χ1) is 15.3. The Hall–Kier alpha value is -2.38. The first-order valence-electron chi connectivity index (χ1n) is 10.5. The molecule has 4 rings (SSSR count). The van der Waals surface area contributed by atoms with Crippen LogP contribution in [0.4, 0.5) is 4.79 Å². The average Bonchev–Trinajstić information content (AvgIpc) is 3.10. The second-order valence-corrected chi connectivity index (χ2v) is 10.9. The number of carbonyl (C=O) groups excluding carboxylic acids is 2. The van der Waals surface area contributed by atoms with Crippen LogP contribution in [0, 0.1) is 0 Å². The molecular weight excluding hydrogens is 477 g/mol.